The number of rotatable bonds is 3. The standard InChI is InChI=1S/C16H14N2O3/c19-16(11-4-7-13-14(9-11)21-10-20-13)18(12-5-6-12)15-3-1-2-8-17-15/h1-4,7-9,12H,5-6,10H2. The molecule has 1 aliphatic carbocycles. The van der Waals surface area contributed by atoms with Gasteiger partial charge >= 0.3 is 0 Å². The Labute approximate surface area is 122 Å². The molecule has 1 saturated carbocycles. The lowest BCUT2D eigenvalue weighted by Crippen LogP contribution is -2.33. The van der Waals surface area contributed by atoms with E-state index in [2.05, 4.69) is 4.98 Å². The molecule has 0 N–H and O–H groups in total. The quantitative estimate of drug-likeness (QED) is 0.868. The molecule has 0 bridgehead atoms. The van der Waals surface area contributed by atoms with E-state index in [-0.39, 0.29) is 18.7 Å². The third-order valence-electron chi connectivity index (χ3n) is 3.65. The van der Waals surface area contributed by atoms with Gasteiger partial charge in [0.2, 0.25) is 6.79 Å². The largest absolute Gasteiger partial charge is 0.454 e. The second kappa shape index (κ2) is 4.77. The predicted octanol–water partition coefficient (Wildman–Crippen LogP) is 2.62. The first kappa shape index (κ1) is 12.2. The maximum Gasteiger partial charge on any atom is 0.259 e. The van der Waals surface area contributed by atoms with Crippen molar-refractivity contribution >= 4 is 11.7 Å². The van der Waals surface area contributed by atoms with Crippen LogP contribution in [0.2, 0.25) is 0 Å². The van der Waals surface area contributed by atoms with E-state index in [9.17, 15) is 4.79 Å². The zero-order valence-electron chi connectivity index (χ0n) is 11.4. The van der Waals surface area contributed by atoms with Crippen LogP contribution in [0, 0.1) is 0 Å². The van der Waals surface area contributed by atoms with E-state index in [0.29, 0.717) is 22.9 Å². The second-order valence-corrected chi connectivity index (χ2v) is 5.16. The number of ether oxygens (including phenoxy) is 2. The fourth-order valence-corrected chi connectivity index (χ4v) is 2.45. The van der Waals surface area contributed by atoms with Gasteiger partial charge in [-0.2, -0.15) is 0 Å². The Bertz CT molecular complexity index is 683. The molecule has 2 aromatic rings. The first-order chi connectivity index (χ1) is 10.3. The summed E-state index contributed by atoms with van der Waals surface area (Å²) >= 11 is 0. The first-order valence-electron chi connectivity index (χ1n) is 6.97. The van der Waals surface area contributed by atoms with E-state index in [1.165, 1.54) is 0 Å². The molecule has 0 saturated heterocycles. The molecule has 0 spiro atoms. The number of aromatic nitrogens is 1. The lowest BCUT2D eigenvalue weighted by Gasteiger charge is -2.21. The zero-order chi connectivity index (χ0) is 14.2. The Morgan fingerprint density at radius 2 is 2.00 bits per heavy atom. The van der Waals surface area contributed by atoms with Crippen LogP contribution in [0.4, 0.5) is 5.82 Å². The van der Waals surface area contributed by atoms with E-state index in [1.807, 2.05) is 18.2 Å². The summed E-state index contributed by atoms with van der Waals surface area (Å²) in [5, 5.41) is 0. The lowest BCUT2D eigenvalue weighted by molar-refractivity contribution is 0.0984. The molecule has 106 valence electrons. The van der Waals surface area contributed by atoms with Crippen LogP contribution in [0.5, 0.6) is 11.5 Å². The highest BCUT2D eigenvalue weighted by molar-refractivity contribution is 6.06. The number of hydrogen-bond acceptors (Lipinski definition) is 4. The predicted molar refractivity (Wildman–Crippen MR) is 76.6 cm³/mol. The Kier molecular flexibility index (Phi) is 2.77. The number of fused-ring (bicyclic) bond motifs is 1. The van der Waals surface area contributed by atoms with Crippen molar-refractivity contribution in [3.05, 3.63) is 48.2 Å². The highest BCUT2D eigenvalue weighted by Gasteiger charge is 2.35. The maximum absolute atomic E-state index is 12.8. The van der Waals surface area contributed by atoms with Crippen molar-refractivity contribution in [3.8, 4) is 11.5 Å². The van der Waals surface area contributed by atoms with Crippen molar-refractivity contribution in [2.24, 2.45) is 0 Å². The van der Waals surface area contributed by atoms with Gasteiger partial charge in [-0.3, -0.25) is 9.69 Å². The van der Waals surface area contributed by atoms with Crippen molar-refractivity contribution in [3.63, 3.8) is 0 Å². The molecule has 4 rings (SSSR count). The molecular weight excluding hydrogens is 268 g/mol. The molecule has 2 aliphatic rings. The van der Waals surface area contributed by atoms with Gasteiger partial charge in [-0.25, -0.2) is 4.98 Å². The van der Waals surface area contributed by atoms with Gasteiger partial charge in [0.05, 0.1) is 0 Å². The molecule has 21 heavy (non-hydrogen) atoms. The number of carbonyl (C=O) groups excluding carboxylic acids is 1. The van der Waals surface area contributed by atoms with Crippen LogP contribution in [0.15, 0.2) is 42.6 Å². The van der Waals surface area contributed by atoms with Crippen molar-refractivity contribution in [2.75, 3.05) is 11.7 Å². The van der Waals surface area contributed by atoms with Crippen molar-refractivity contribution in [2.45, 2.75) is 18.9 Å². The monoisotopic (exact) mass is 282 g/mol. The van der Waals surface area contributed by atoms with Gasteiger partial charge in [-0.15, -0.1) is 0 Å². The third kappa shape index (κ3) is 2.20. The van der Waals surface area contributed by atoms with Gasteiger partial charge in [-0.1, -0.05) is 6.07 Å². The molecule has 5 nitrogen and oxygen atoms in total. The van der Waals surface area contributed by atoms with Crippen LogP contribution >= 0.6 is 0 Å². The Hall–Kier alpha value is -2.56. The summed E-state index contributed by atoms with van der Waals surface area (Å²) in [6, 6.07) is 11.1. The van der Waals surface area contributed by atoms with Gasteiger partial charge in [0.15, 0.2) is 11.5 Å². The molecule has 2 heterocycles. The van der Waals surface area contributed by atoms with E-state index in [4.69, 9.17) is 9.47 Å². The minimum atomic E-state index is -0.0468. The zero-order valence-corrected chi connectivity index (χ0v) is 11.4. The summed E-state index contributed by atoms with van der Waals surface area (Å²) in [4.78, 5) is 18.9. The number of anilines is 1. The third-order valence-corrected chi connectivity index (χ3v) is 3.65. The topological polar surface area (TPSA) is 51.7 Å². The summed E-state index contributed by atoms with van der Waals surface area (Å²) in [6.45, 7) is 0.208. The van der Waals surface area contributed by atoms with Gasteiger partial charge in [-0.05, 0) is 43.2 Å². The number of pyridine rings is 1. The van der Waals surface area contributed by atoms with E-state index in [0.717, 1.165) is 12.8 Å². The van der Waals surface area contributed by atoms with Crippen LogP contribution in [-0.2, 0) is 0 Å². The molecule has 0 atom stereocenters. The summed E-state index contributed by atoms with van der Waals surface area (Å²) in [5.41, 5.74) is 0.594. The highest BCUT2D eigenvalue weighted by atomic mass is 16.7. The fourth-order valence-electron chi connectivity index (χ4n) is 2.45. The van der Waals surface area contributed by atoms with Crippen LogP contribution in [-0.4, -0.2) is 23.7 Å². The summed E-state index contributed by atoms with van der Waals surface area (Å²) in [5.74, 6) is 1.96. The lowest BCUT2D eigenvalue weighted by atomic mass is 10.1. The average Bonchev–Trinajstić information content (AvgIpc) is 3.24. The number of nitrogens with zero attached hydrogens (tertiary/aromatic N) is 2. The minimum Gasteiger partial charge on any atom is -0.454 e. The molecule has 0 unspecified atom stereocenters. The molecule has 5 heteroatoms. The highest BCUT2D eigenvalue weighted by Crippen LogP contribution is 2.35. The normalized spacial score (nSPS) is 15.8. The van der Waals surface area contributed by atoms with Crippen molar-refractivity contribution < 1.29 is 14.3 Å². The summed E-state index contributed by atoms with van der Waals surface area (Å²) < 4.78 is 10.6. The molecular formula is C16H14N2O3. The SMILES string of the molecule is O=C(c1ccc2c(c1)OCO2)N(c1ccccn1)C1CC1. The number of benzene rings is 1. The molecule has 1 aromatic heterocycles. The summed E-state index contributed by atoms with van der Waals surface area (Å²) in [7, 11) is 0. The maximum atomic E-state index is 12.8. The molecule has 1 fully saturated rings. The van der Waals surface area contributed by atoms with E-state index < -0.39 is 0 Å². The number of amides is 1. The second-order valence-electron chi connectivity index (χ2n) is 5.16. The minimum absolute atomic E-state index is 0.0468. The number of carbonyl (C=O) groups is 1. The molecule has 1 amide bonds. The van der Waals surface area contributed by atoms with Gasteiger partial charge < -0.3 is 9.47 Å². The molecule has 0 radical (unpaired) electrons. The van der Waals surface area contributed by atoms with Gasteiger partial charge in [0.1, 0.15) is 5.82 Å². The number of hydrogen-bond donors (Lipinski definition) is 0. The van der Waals surface area contributed by atoms with Gasteiger partial charge in [0.25, 0.3) is 5.91 Å². The van der Waals surface area contributed by atoms with E-state index in [1.54, 1.807) is 29.3 Å². The van der Waals surface area contributed by atoms with Crippen molar-refractivity contribution in [1.82, 2.24) is 4.98 Å². The van der Waals surface area contributed by atoms with Crippen LogP contribution in [0.1, 0.15) is 23.2 Å². The van der Waals surface area contributed by atoms with Crippen LogP contribution < -0.4 is 14.4 Å². The van der Waals surface area contributed by atoms with E-state index >= 15 is 0 Å². The fraction of sp³-hybridized carbons (Fsp3) is 0.250. The Morgan fingerprint density at radius 3 is 2.76 bits per heavy atom. The molecule has 1 aliphatic heterocycles. The van der Waals surface area contributed by atoms with Crippen LogP contribution in [0.25, 0.3) is 0 Å². The average molecular weight is 282 g/mol. The Balaban J connectivity index is 1.68. The Morgan fingerprint density at radius 1 is 1.14 bits per heavy atom. The van der Waals surface area contributed by atoms with Crippen molar-refractivity contribution in [1.29, 1.82) is 0 Å². The molecule has 1 aromatic carbocycles. The first-order valence-corrected chi connectivity index (χ1v) is 6.97. The smallest absolute Gasteiger partial charge is 0.259 e. The summed E-state index contributed by atoms with van der Waals surface area (Å²) in [6.07, 6.45) is 3.75. The van der Waals surface area contributed by atoms with Gasteiger partial charge in [0, 0.05) is 17.8 Å². The van der Waals surface area contributed by atoms with Crippen LogP contribution in [0.3, 0.4) is 0 Å².